The quantitative estimate of drug-likeness (QED) is 0.283. The second kappa shape index (κ2) is 8.89. The van der Waals surface area contributed by atoms with Gasteiger partial charge in [0.05, 0.1) is 12.5 Å². The summed E-state index contributed by atoms with van der Waals surface area (Å²) in [5.41, 5.74) is 1.79. The topological polar surface area (TPSA) is 94.6 Å². The lowest BCUT2D eigenvalue weighted by Gasteiger charge is -1.92. The van der Waals surface area contributed by atoms with Gasteiger partial charge in [0.15, 0.2) is 0 Å². The molecular weight excluding hydrogens is 511 g/mol. The Morgan fingerprint density at radius 2 is 1.03 bits per heavy atom. The summed E-state index contributed by atoms with van der Waals surface area (Å²) in [7, 11) is 3.21. The number of aryl methyl sites for hydroxylation is 2. The van der Waals surface area contributed by atoms with E-state index >= 15 is 0 Å². The summed E-state index contributed by atoms with van der Waals surface area (Å²) >= 11 is 2.26. The van der Waals surface area contributed by atoms with Crippen molar-refractivity contribution in [1.29, 1.82) is 0 Å². The lowest BCUT2D eigenvalue weighted by molar-refractivity contribution is 0.535. The summed E-state index contributed by atoms with van der Waals surface area (Å²) in [6.45, 7) is 3.65. The van der Waals surface area contributed by atoms with Gasteiger partial charge in [-0.05, 0) is 50.2 Å². The maximum absolute atomic E-state index is 11.1. The zero-order valence-corrected chi connectivity index (χ0v) is 20.2. The first-order valence-corrected chi connectivity index (χ1v) is 14.4. The van der Waals surface area contributed by atoms with Gasteiger partial charge in [-0.2, -0.15) is 0 Å². The van der Waals surface area contributed by atoms with E-state index in [2.05, 4.69) is 0 Å². The Hall–Kier alpha value is -1.56. The van der Waals surface area contributed by atoms with E-state index in [4.69, 9.17) is 30.2 Å². The van der Waals surface area contributed by atoms with E-state index in [1.165, 1.54) is 12.1 Å². The first-order valence-electron chi connectivity index (χ1n) is 8.15. The highest BCUT2D eigenvalue weighted by Gasteiger charge is 2.16. The lowest BCUT2D eigenvalue weighted by Crippen LogP contribution is -1.83. The Morgan fingerprint density at radius 1 is 0.667 bits per heavy atom. The van der Waals surface area contributed by atoms with Crippen molar-refractivity contribution in [1.82, 2.24) is 0 Å². The third-order valence-corrected chi connectivity index (χ3v) is 10.3. The van der Waals surface area contributed by atoms with Crippen molar-refractivity contribution in [3.63, 3.8) is 0 Å². The van der Waals surface area contributed by atoms with Gasteiger partial charge >= 0.3 is 0 Å². The van der Waals surface area contributed by atoms with Crippen molar-refractivity contribution in [2.24, 2.45) is 0 Å². The molecule has 0 aliphatic heterocycles. The van der Waals surface area contributed by atoms with E-state index in [0.29, 0.717) is 0 Å². The molecule has 0 fully saturated rings. The highest BCUT2D eigenvalue weighted by atomic mass is 35.7. The molecule has 12 heteroatoms. The molecule has 0 radical (unpaired) electrons. The van der Waals surface area contributed by atoms with Crippen molar-refractivity contribution in [2.75, 3.05) is 0 Å². The van der Waals surface area contributed by atoms with Gasteiger partial charge < -0.3 is 8.83 Å². The van der Waals surface area contributed by atoms with E-state index in [1.54, 1.807) is 36.8 Å². The molecule has 0 amide bonds. The molecule has 0 spiro atoms. The van der Waals surface area contributed by atoms with E-state index in [9.17, 15) is 16.8 Å². The summed E-state index contributed by atoms with van der Waals surface area (Å²) in [6, 6.07) is 10.0. The molecule has 0 aliphatic rings. The molecule has 0 aromatic carbocycles. The molecule has 0 saturated heterocycles. The van der Waals surface area contributed by atoms with Gasteiger partial charge in [0, 0.05) is 42.2 Å². The van der Waals surface area contributed by atoms with Gasteiger partial charge in [-0.1, -0.05) is 0 Å². The Morgan fingerprint density at radius 3 is 1.27 bits per heavy atom. The first kappa shape index (κ1) is 23.1. The predicted molar refractivity (Wildman–Crippen MR) is 120 cm³/mol. The molecule has 0 atom stereocenters. The van der Waals surface area contributed by atoms with E-state index in [-0.39, 0.29) is 8.42 Å². The van der Waals surface area contributed by atoms with Crippen LogP contribution >= 0.6 is 44.0 Å². The largest absolute Gasteiger partial charge is 0.469 e. The fourth-order valence-electron chi connectivity index (χ4n) is 2.47. The van der Waals surface area contributed by atoms with Crippen LogP contribution in [0.2, 0.25) is 0 Å². The van der Waals surface area contributed by atoms with Gasteiger partial charge in [0.1, 0.15) is 19.9 Å². The van der Waals surface area contributed by atoms with Gasteiger partial charge in [0.2, 0.25) is 0 Å². The van der Waals surface area contributed by atoms with Crippen molar-refractivity contribution in [3.8, 4) is 20.9 Å². The number of hydrogen-bond donors (Lipinski definition) is 0. The SMILES string of the molecule is Cc1occc1-c1ccc(S(=O)(=O)Cl)s1.Cc1occc1-c1ccc(S(=O)(=O)Cl)s1. The average Bonchev–Trinajstić information content (AvgIpc) is 3.40. The van der Waals surface area contributed by atoms with Crippen LogP contribution in [0.3, 0.4) is 0 Å². The van der Waals surface area contributed by atoms with Gasteiger partial charge in [-0.3, -0.25) is 0 Å². The van der Waals surface area contributed by atoms with Crippen LogP contribution in [0.25, 0.3) is 20.9 Å². The molecule has 30 heavy (non-hydrogen) atoms. The molecule has 0 aliphatic carbocycles. The second-order valence-corrected chi connectivity index (χ2v) is 13.6. The van der Waals surface area contributed by atoms with E-state index in [0.717, 1.165) is 55.1 Å². The minimum Gasteiger partial charge on any atom is -0.469 e. The molecule has 6 nitrogen and oxygen atoms in total. The molecule has 4 aromatic rings. The van der Waals surface area contributed by atoms with Crippen LogP contribution < -0.4 is 0 Å². The Kier molecular flexibility index (Phi) is 6.85. The lowest BCUT2D eigenvalue weighted by atomic mass is 10.2. The van der Waals surface area contributed by atoms with Crippen LogP contribution in [0.5, 0.6) is 0 Å². The Labute approximate surface area is 190 Å². The molecule has 4 heterocycles. The first-order chi connectivity index (χ1) is 14.0. The standard InChI is InChI=1S/2C9H7ClO3S2/c2*1-6-7(4-5-13-6)8-2-3-9(14-8)15(10,11)12/h2*2-5H,1H3. The minimum absolute atomic E-state index is 0.153. The number of hydrogen-bond acceptors (Lipinski definition) is 8. The smallest absolute Gasteiger partial charge is 0.270 e. The number of rotatable bonds is 4. The van der Waals surface area contributed by atoms with Crippen molar-refractivity contribution < 1.29 is 25.7 Å². The highest BCUT2D eigenvalue weighted by Crippen LogP contribution is 2.35. The predicted octanol–water partition coefficient (Wildman–Crippen LogP) is 6.49. The van der Waals surface area contributed by atoms with Gasteiger partial charge in [-0.15, -0.1) is 22.7 Å². The Bertz CT molecular complexity index is 1270. The fraction of sp³-hybridized carbons (Fsp3) is 0.111. The van der Waals surface area contributed by atoms with Crippen LogP contribution in [0.15, 0.2) is 66.2 Å². The molecule has 4 rings (SSSR count). The molecule has 160 valence electrons. The normalized spacial score (nSPS) is 11.9. The highest BCUT2D eigenvalue weighted by molar-refractivity contribution is 8.15. The fourth-order valence-corrected chi connectivity index (χ4v) is 6.77. The zero-order chi connectivity index (χ0) is 22.1. The summed E-state index contributed by atoms with van der Waals surface area (Å²) in [5.74, 6) is 1.52. The number of halogens is 2. The molecular formula is C18H14Cl2O6S4. The minimum atomic E-state index is -3.63. The summed E-state index contributed by atoms with van der Waals surface area (Å²) in [5, 5.41) is 0. The maximum Gasteiger partial charge on any atom is 0.270 e. The van der Waals surface area contributed by atoms with Crippen LogP contribution in [-0.2, 0) is 18.1 Å². The van der Waals surface area contributed by atoms with Gasteiger partial charge in [0.25, 0.3) is 18.1 Å². The van der Waals surface area contributed by atoms with E-state index < -0.39 is 18.1 Å². The molecule has 0 unspecified atom stereocenters. The third kappa shape index (κ3) is 5.37. The van der Waals surface area contributed by atoms with Crippen LogP contribution in [0.1, 0.15) is 11.5 Å². The van der Waals surface area contributed by atoms with E-state index in [1.807, 2.05) is 13.8 Å². The molecule has 0 N–H and O–H groups in total. The summed E-state index contributed by atoms with van der Waals surface area (Å²) in [6.07, 6.45) is 3.14. The molecule has 0 saturated carbocycles. The monoisotopic (exact) mass is 524 g/mol. The number of thiophene rings is 2. The Balaban J connectivity index is 0.000000171. The molecule has 4 aromatic heterocycles. The summed E-state index contributed by atoms with van der Waals surface area (Å²) < 4.78 is 54.8. The van der Waals surface area contributed by atoms with Crippen molar-refractivity contribution in [3.05, 3.63) is 60.4 Å². The summed E-state index contributed by atoms with van der Waals surface area (Å²) in [4.78, 5) is 1.67. The van der Waals surface area contributed by atoms with Crippen LogP contribution in [0, 0.1) is 13.8 Å². The molecule has 0 bridgehead atoms. The maximum atomic E-state index is 11.1. The average molecular weight is 525 g/mol. The number of furan rings is 2. The third-order valence-electron chi connectivity index (χ3n) is 3.89. The zero-order valence-electron chi connectivity index (χ0n) is 15.5. The van der Waals surface area contributed by atoms with Crippen molar-refractivity contribution in [2.45, 2.75) is 22.3 Å². The van der Waals surface area contributed by atoms with Crippen molar-refractivity contribution >= 4 is 62.1 Å². The van der Waals surface area contributed by atoms with Gasteiger partial charge in [-0.25, -0.2) is 16.8 Å². The van der Waals surface area contributed by atoms with Crippen LogP contribution in [0.4, 0.5) is 0 Å². The second-order valence-electron chi connectivity index (χ2n) is 5.89. The van der Waals surface area contributed by atoms with Crippen LogP contribution in [-0.4, -0.2) is 16.8 Å².